The van der Waals surface area contributed by atoms with Gasteiger partial charge in [0.15, 0.2) is 0 Å². The highest BCUT2D eigenvalue weighted by Crippen LogP contribution is 2.17. The van der Waals surface area contributed by atoms with Crippen LogP contribution in [0.5, 0.6) is 0 Å². The third-order valence-electron chi connectivity index (χ3n) is 2.33. The predicted octanol–water partition coefficient (Wildman–Crippen LogP) is 3.27. The van der Waals surface area contributed by atoms with Crippen LogP contribution in [0.25, 0.3) is 0 Å². The lowest BCUT2D eigenvalue weighted by atomic mass is 10.2. The van der Waals surface area contributed by atoms with Gasteiger partial charge in [-0.1, -0.05) is 13.8 Å². The third-order valence-corrected chi connectivity index (χ3v) is 3.90. The fourth-order valence-electron chi connectivity index (χ4n) is 1.28. The lowest BCUT2D eigenvalue weighted by molar-refractivity contribution is -0.115. The highest BCUT2D eigenvalue weighted by molar-refractivity contribution is 8.00. The van der Waals surface area contributed by atoms with E-state index in [0.29, 0.717) is 11.5 Å². The number of carbonyl (C=O) groups excluding carboxylic acids is 1. The molecule has 1 N–H and O–H groups in total. The molecule has 1 atom stereocenters. The summed E-state index contributed by atoms with van der Waals surface area (Å²) in [5.41, 5.74) is 1.33. The Labute approximate surface area is 113 Å². The summed E-state index contributed by atoms with van der Waals surface area (Å²) < 4.78 is 0. The van der Waals surface area contributed by atoms with Crippen LogP contribution in [0, 0.1) is 17.2 Å². The quantitative estimate of drug-likeness (QED) is 0.886. The zero-order valence-electron chi connectivity index (χ0n) is 10.9. The van der Waals surface area contributed by atoms with Gasteiger partial charge in [-0.05, 0) is 42.9 Å². The predicted molar refractivity (Wildman–Crippen MR) is 76.5 cm³/mol. The summed E-state index contributed by atoms with van der Waals surface area (Å²) in [6.07, 6.45) is 0. The van der Waals surface area contributed by atoms with Gasteiger partial charge in [-0.3, -0.25) is 4.79 Å². The van der Waals surface area contributed by atoms with E-state index in [1.165, 1.54) is 0 Å². The van der Waals surface area contributed by atoms with Crippen LogP contribution in [0.4, 0.5) is 5.69 Å². The minimum absolute atomic E-state index is 0.00496. The molecule has 0 radical (unpaired) electrons. The van der Waals surface area contributed by atoms with E-state index in [1.807, 2.05) is 13.0 Å². The minimum Gasteiger partial charge on any atom is -0.325 e. The van der Waals surface area contributed by atoms with Crippen molar-refractivity contribution in [2.45, 2.75) is 26.0 Å². The SMILES string of the molecule is CC(C)CSC(C)C(=O)Nc1ccc(C#N)cc1. The second-order valence-electron chi connectivity index (χ2n) is 4.55. The fourth-order valence-corrected chi connectivity index (χ4v) is 2.17. The second-order valence-corrected chi connectivity index (χ2v) is 5.92. The van der Waals surface area contributed by atoms with E-state index in [-0.39, 0.29) is 11.2 Å². The number of thioether (sulfide) groups is 1. The van der Waals surface area contributed by atoms with Crippen LogP contribution < -0.4 is 5.32 Å². The van der Waals surface area contributed by atoms with Crippen molar-refractivity contribution in [3.05, 3.63) is 29.8 Å². The Balaban J connectivity index is 2.50. The molecule has 0 aliphatic heterocycles. The molecule has 0 heterocycles. The number of anilines is 1. The number of nitriles is 1. The first kappa shape index (κ1) is 14.6. The molecule has 0 aromatic heterocycles. The summed E-state index contributed by atoms with van der Waals surface area (Å²) in [6.45, 7) is 6.18. The minimum atomic E-state index is -0.0666. The molecule has 0 saturated heterocycles. The molecule has 3 nitrogen and oxygen atoms in total. The van der Waals surface area contributed by atoms with Crippen molar-refractivity contribution in [2.75, 3.05) is 11.1 Å². The Morgan fingerprint density at radius 2 is 1.94 bits per heavy atom. The molecule has 96 valence electrons. The van der Waals surface area contributed by atoms with E-state index in [1.54, 1.807) is 36.0 Å². The molecule has 1 rings (SSSR count). The van der Waals surface area contributed by atoms with Crippen LogP contribution in [0.2, 0.25) is 0 Å². The maximum Gasteiger partial charge on any atom is 0.237 e. The van der Waals surface area contributed by atoms with Gasteiger partial charge in [0.1, 0.15) is 0 Å². The number of nitrogens with one attached hydrogen (secondary N) is 1. The van der Waals surface area contributed by atoms with Crippen molar-refractivity contribution in [3.63, 3.8) is 0 Å². The number of rotatable bonds is 5. The smallest absolute Gasteiger partial charge is 0.237 e. The van der Waals surface area contributed by atoms with Crippen molar-refractivity contribution in [1.29, 1.82) is 5.26 Å². The zero-order chi connectivity index (χ0) is 13.5. The zero-order valence-corrected chi connectivity index (χ0v) is 11.8. The van der Waals surface area contributed by atoms with Crippen LogP contribution in [0.1, 0.15) is 26.3 Å². The van der Waals surface area contributed by atoms with Crippen LogP contribution in [-0.4, -0.2) is 16.9 Å². The van der Waals surface area contributed by atoms with Gasteiger partial charge in [0, 0.05) is 5.69 Å². The van der Waals surface area contributed by atoms with Crippen molar-refractivity contribution < 1.29 is 4.79 Å². The maximum absolute atomic E-state index is 11.9. The number of carbonyl (C=O) groups is 1. The topological polar surface area (TPSA) is 52.9 Å². The Kier molecular flexibility index (Phi) is 5.73. The van der Waals surface area contributed by atoms with E-state index < -0.39 is 0 Å². The van der Waals surface area contributed by atoms with Gasteiger partial charge in [0.05, 0.1) is 16.9 Å². The van der Waals surface area contributed by atoms with Crippen molar-refractivity contribution in [1.82, 2.24) is 0 Å². The van der Waals surface area contributed by atoms with Crippen LogP contribution >= 0.6 is 11.8 Å². The van der Waals surface area contributed by atoms with Crippen LogP contribution in [-0.2, 0) is 4.79 Å². The van der Waals surface area contributed by atoms with Gasteiger partial charge < -0.3 is 5.32 Å². The van der Waals surface area contributed by atoms with E-state index >= 15 is 0 Å². The molecule has 0 spiro atoms. The summed E-state index contributed by atoms with van der Waals surface area (Å²) >= 11 is 1.66. The molecule has 1 aromatic carbocycles. The number of hydrogen-bond donors (Lipinski definition) is 1. The van der Waals surface area contributed by atoms with Gasteiger partial charge in [-0.15, -0.1) is 11.8 Å². The average molecular weight is 262 g/mol. The van der Waals surface area contributed by atoms with Crippen LogP contribution in [0.15, 0.2) is 24.3 Å². The highest BCUT2D eigenvalue weighted by Gasteiger charge is 2.13. The van der Waals surface area contributed by atoms with Crippen molar-refractivity contribution in [2.24, 2.45) is 5.92 Å². The second kappa shape index (κ2) is 7.07. The molecule has 0 saturated carbocycles. The van der Waals surface area contributed by atoms with Gasteiger partial charge in [-0.2, -0.15) is 5.26 Å². The standard InChI is InChI=1S/C14H18N2OS/c1-10(2)9-18-11(3)14(17)16-13-6-4-12(8-15)5-7-13/h4-7,10-11H,9H2,1-3H3,(H,16,17). The lowest BCUT2D eigenvalue weighted by Crippen LogP contribution is -2.23. The van der Waals surface area contributed by atoms with Crippen molar-refractivity contribution >= 4 is 23.4 Å². The average Bonchev–Trinajstić information content (AvgIpc) is 2.36. The lowest BCUT2D eigenvalue weighted by Gasteiger charge is -2.13. The molecule has 18 heavy (non-hydrogen) atoms. The Hall–Kier alpha value is -1.47. The Bertz CT molecular complexity index is 434. The largest absolute Gasteiger partial charge is 0.325 e. The monoisotopic (exact) mass is 262 g/mol. The van der Waals surface area contributed by atoms with E-state index in [9.17, 15) is 4.79 Å². The summed E-state index contributed by atoms with van der Waals surface area (Å²) in [7, 11) is 0. The summed E-state index contributed by atoms with van der Waals surface area (Å²) in [4.78, 5) is 11.9. The molecule has 0 aliphatic rings. The number of benzene rings is 1. The number of nitrogens with zero attached hydrogens (tertiary/aromatic N) is 1. The molecule has 1 aromatic rings. The molecule has 1 unspecified atom stereocenters. The van der Waals surface area contributed by atoms with Gasteiger partial charge in [-0.25, -0.2) is 0 Å². The fraction of sp³-hybridized carbons (Fsp3) is 0.429. The van der Waals surface area contributed by atoms with Crippen molar-refractivity contribution in [3.8, 4) is 6.07 Å². The molecule has 1 amide bonds. The third kappa shape index (κ3) is 4.80. The van der Waals surface area contributed by atoms with Gasteiger partial charge in [0.2, 0.25) is 5.91 Å². The number of hydrogen-bond acceptors (Lipinski definition) is 3. The van der Waals surface area contributed by atoms with Gasteiger partial charge >= 0.3 is 0 Å². The Morgan fingerprint density at radius 1 is 1.33 bits per heavy atom. The van der Waals surface area contributed by atoms with E-state index in [4.69, 9.17) is 5.26 Å². The van der Waals surface area contributed by atoms with Gasteiger partial charge in [0.25, 0.3) is 0 Å². The van der Waals surface area contributed by atoms with E-state index in [2.05, 4.69) is 19.2 Å². The summed E-state index contributed by atoms with van der Waals surface area (Å²) in [5, 5.41) is 11.5. The molecular formula is C14H18N2OS. The molecular weight excluding hydrogens is 244 g/mol. The normalized spacial score (nSPS) is 11.9. The number of amides is 1. The molecule has 0 bridgehead atoms. The summed E-state index contributed by atoms with van der Waals surface area (Å²) in [5.74, 6) is 1.56. The maximum atomic E-state index is 11.9. The Morgan fingerprint density at radius 3 is 2.44 bits per heavy atom. The highest BCUT2D eigenvalue weighted by atomic mass is 32.2. The molecule has 4 heteroatoms. The first-order chi connectivity index (χ1) is 8.52. The first-order valence-corrected chi connectivity index (χ1v) is 7.00. The summed E-state index contributed by atoms with van der Waals surface area (Å²) in [6, 6.07) is 8.93. The van der Waals surface area contributed by atoms with Crippen LogP contribution in [0.3, 0.4) is 0 Å². The first-order valence-electron chi connectivity index (χ1n) is 5.95. The van der Waals surface area contributed by atoms with E-state index in [0.717, 1.165) is 11.4 Å². The molecule has 0 aliphatic carbocycles. The molecule has 0 fully saturated rings.